The predicted molar refractivity (Wildman–Crippen MR) is 135 cm³/mol. The summed E-state index contributed by atoms with van der Waals surface area (Å²) in [5, 5.41) is 6.29. The van der Waals surface area contributed by atoms with Crippen molar-refractivity contribution in [2.75, 3.05) is 19.0 Å². The molecule has 2 N–H and O–H groups in total. The average Bonchev–Trinajstić information content (AvgIpc) is 2.81. The van der Waals surface area contributed by atoms with Crippen LogP contribution < -0.4 is 20.1 Å². The SMILES string of the molecule is C=CCOc1ccc([C@H]2C(C(=O)Nc3cccc(C)n3)=C(C)NC3=C2C(=O)C[C@H](C)C3)cc1OC. The molecule has 7 nitrogen and oxygen atoms in total. The van der Waals surface area contributed by atoms with Crippen molar-refractivity contribution in [1.29, 1.82) is 0 Å². The zero-order chi connectivity index (χ0) is 25.1. The van der Waals surface area contributed by atoms with Crippen LogP contribution in [0.5, 0.6) is 11.5 Å². The molecule has 1 amide bonds. The van der Waals surface area contributed by atoms with E-state index >= 15 is 0 Å². The molecule has 0 unspecified atom stereocenters. The van der Waals surface area contributed by atoms with Crippen molar-refractivity contribution < 1.29 is 19.1 Å². The number of hydrogen-bond donors (Lipinski definition) is 2. The molecule has 0 saturated carbocycles. The number of anilines is 1. The van der Waals surface area contributed by atoms with Gasteiger partial charge in [0.15, 0.2) is 17.3 Å². The first-order valence-electron chi connectivity index (χ1n) is 11.7. The zero-order valence-corrected chi connectivity index (χ0v) is 20.6. The first-order valence-corrected chi connectivity index (χ1v) is 11.7. The van der Waals surface area contributed by atoms with E-state index < -0.39 is 5.92 Å². The van der Waals surface area contributed by atoms with Crippen molar-refractivity contribution in [2.24, 2.45) is 5.92 Å². The number of carbonyl (C=O) groups is 2. The minimum Gasteiger partial charge on any atom is -0.493 e. The van der Waals surface area contributed by atoms with Crippen molar-refractivity contribution in [1.82, 2.24) is 10.3 Å². The van der Waals surface area contributed by atoms with Crippen LogP contribution in [-0.2, 0) is 9.59 Å². The second-order valence-corrected chi connectivity index (χ2v) is 9.05. The highest BCUT2D eigenvalue weighted by Crippen LogP contribution is 2.45. The number of benzene rings is 1. The predicted octanol–water partition coefficient (Wildman–Crippen LogP) is 4.82. The minimum atomic E-state index is -0.543. The van der Waals surface area contributed by atoms with Crippen LogP contribution in [0.3, 0.4) is 0 Å². The molecule has 2 atom stereocenters. The summed E-state index contributed by atoms with van der Waals surface area (Å²) in [6.07, 6.45) is 2.86. The number of allylic oxidation sites excluding steroid dienone is 3. The number of ketones is 1. The van der Waals surface area contributed by atoms with Gasteiger partial charge in [-0.3, -0.25) is 9.59 Å². The van der Waals surface area contributed by atoms with E-state index in [1.165, 1.54) is 0 Å². The fraction of sp³-hybridized carbons (Fsp3) is 0.321. The van der Waals surface area contributed by atoms with E-state index in [0.29, 0.717) is 47.2 Å². The van der Waals surface area contributed by atoms with Crippen LogP contribution in [0, 0.1) is 12.8 Å². The van der Waals surface area contributed by atoms with Crippen molar-refractivity contribution in [3.05, 3.63) is 82.9 Å². The number of pyridine rings is 1. The van der Waals surface area contributed by atoms with Crippen LogP contribution in [0.2, 0.25) is 0 Å². The number of Topliss-reactive ketones (excluding diaryl/α,β-unsaturated/α-hetero) is 1. The van der Waals surface area contributed by atoms with Gasteiger partial charge in [0.2, 0.25) is 0 Å². The molecule has 4 rings (SSSR count). The molecule has 0 fully saturated rings. The molecule has 0 bridgehead atoms. The summed E-state index contributed by atoms with van der Waals surface area (Å²) < 4.78 is 11.3. The van der Waals surface area contributed by atoms with E-state index in [9.17, 15) is 9.59 Å². The Kier molecular flexibility index (Phi) is 7.05. The molecule has 2 aromatic rings. The average molecular weight is 474 g/mol. The van der Waals surface area contributed by atoms with Gasteiger partial charge in [-0.1, -0.05) is 31.7 Å². The summed E-state index contributed by atoms with van der Waals surface area (Å²) in [5.74, 6) is 0.994. The van der Waals surface area contributed by atoms with Crippen LogP contribution in [0.25, 0.3) is 0 Å². The molecule has 2 heterocycles. The highest BCUT2D eigenvalue weighted by molar-refractivity contribution is 6.09. The van der Waals surface area contributed by atoms with Crippen LogP contribution in [0.1, 0.15) is 43.9 Å². The number of dihydropyridines is 1. The van der Waals surface area contributed by atoms with Gasteiger partial charge in [0.1, 0.15) is 12.4 Å². The van der Waals surface area contributed by atoms with E-state index in [4.69, 9.17) is 9.47 Å². The summed E-state index contributed by atoms with van der Waals surface area (Å²) in [4.78, 5) is 31.4. The van der Waals surface area contributed by atoms with Crippen LogP contribution in [-0.4, -0.2) is 30.4 Å². The zero-order valence-electron chi connectivity index (χ0n) is 20.6. The van der Waals surface area contributed by atoms with Gasteiger partial charge in [-0.05, 0) is 56.0 Å². The minimum absolute atomic E-state index is 0.0497. The highest BCUT2D eigenvalue weighted by Gasteiger charge is 2.40. The number of methoxy groups -OCH3 is 1. The Morgan fingerprint density at radius 2 is 2.03 bits per heavy atom. The topological polar surface area (TPSA) is 89.5 Å². The summed E-state index contributed by atoms with van der Waals surface area (Å²) in [7, 11) is 1.57. The number of nitrogens with one attached hydrogen (secondary N) is 2. The molecule has 182 valence electrons. The smallest absolute Gasteiger partial charge is 0.255 e. The summed E-state index contributed by atoms with van der Waals surface area (Å²) in [5.41, 5.74) is 4.30. The van der Waals surface area contributed by atoms with Crippen LogP contribution in [0.4, 0.5) is 5.82 Å². The molecule has 2 aliphatic rings. The third kappa shape index (κ3) is 4.99. The van der Waals surface area contributed by atoms with Crippen molar-refractivity contribution in [2.45, 2.75) is 39.5 Å². The maximum absolute atomic E-state index is 13.6. The number of aryl methyl sites for hydroxylation is 1. The quantitative estimate of drug-likeness (QED) is 0.561. The molecular weight excluding hydrogens is 442 g/mol. The van der Waals surface area contributed by atoms with E-state index in [1.54, 1.807) is 19.3 Å². The fourth-order valence-electron chi connectivity index (χ4n) is 4.80. The Labute approximate surface area is 205 Å². The maximum atomic E-state index is 13.6. The van der Waals surface area contributed by atoms with Gasteiger partial charge >= 0.3 is 0 Å². The Bertz CT molecular complexity index is 1240. The summed E-state index contributed by atoms with van der Waals surface area (Å²) >= 11 is 0. The molecule has 0 saturated heterocycles. The van der Waals surface area contributed by atoms with E-state index in [0.717, 1.165) is 23.4 Å². The van der Waals surface area contributed by atoms with Gasteiger partial charge < -0.3 is 20.1 Å². The third-order valence-corrected chi connectivity index (χ3v) is 6.28. The Balaban J connectivity index is 1.81. The Morgan fingerprint density at radius 1 is 1.23 bits per heavy atom. The largest absolute Gasteiger partial charge is 0.493 e. The first-order chi connectivity index (χ1) is 16.8. The monoisotopic (exact) mass is 473 g/mol. The first kappa shape index (κ1) is 24.3. The number of aromatic nitrogens is 1. The Hall–Kier alpha value is -3.87. The van der Waals surface area contributed by atoms with Gasteiger partial charge in [-0.25, -0.2) is 4.98 Å². The summed E-state index contributed by atoms with van der Waals surface area (Å²) in [6, 6.07) is 11.0. The van der Waals surface area contributed by atoms with Gasteiger partial charge in [-0.15, -0.1) is 0 Å². The number of carbonyl (C=O) groups excluding carboxylic acids is 2. The lowest BCUT2D eigenvalue weighted by molar-refractivity contribution is -0.117. The van der Waals surface area contributed by atoms with Crippen LogP contribution in [0.15, 0.2) is 71.6 Å². The molecule has 1 aromatic heterocycles. The molecule has 1 aliphatic heterocycles. The van der Waals surface area contributed by atoms with Gasteiger partial charge in [0.25, 0.3) is 5.91 Å². The second-order valence-electron chi connectivity index (χ2n) is 9.05. The van der Waals surface area contributed by atoms with E-state index in [2.05, 4.69) is 29.1 Å². The normalized spacial score (nSPS) is 19.6. The second kappa shape index (κ2) is 10.2. The van der Waals surface area contributed by atoms with Gasteiger partial charge in [-0.2, -0.15) is 0 Å². The lowest BCUT2D eigenvalue weighted by Crippen LogP contribution is -2.37. The standard InChI is InChI=1S/C28H31N3O4/c1-6-12-35-22-11-10-19(15-23(22)34-5)26-25(28(33)31-24-9-7-8-17(3)29-24)18(4)30-20-13-16(2)14-21(32)27(20)26/h6-11,15-16,26,30H,1,12-14H2,2-5H3,(H,29,31,33)/t16-,26+/m1/s1. The highest BCUT2D eigenvalue weighted by atomic mass is 16.5. The molecule has 0 radical (unpaired) electrons. The number of ether oxygens (including phenoxy) is 2. The molecular formula is C28H31N3O4. The summed E-state index contributed by atoms with van der Waals surface area (Å²) in [6.45, 7) is 9.83. The molecule has 35 heavy (non-hydrogen) atoms. The molecule has 1 aromatic carbocycles. The number of amides is 1. The molecule has 7 heteroatoms. The van der Waals surface area contributed by atoms with Crippen molar-refractivity contribution in [3.63, 3.8) is 0 Å². The van der Waals surface area contributed by atoms with Crippen molar-refractivity contribution >= 4 is 17.5 Å². The number of rotatable bonds is 7. The van der Waals surface area contributed by atoms with Gasteiger partial charge in [0.05, 0.1) is 7.11 Å². The number of nitrogens with zero attached hydrogens (tertiary/aromatic N) is 1. The lowest BCUT2D eigenvalue weighted by Gasteiger charge is -2.36. The maximum Gasteiger partial charge on any atom is 0.255 e. The number of hydrogen-bond acceptors (Lipinski definition) is 6. The fourth-order valence-corrected chi connectivity index (χ4v) is 4.80. The van der Waals surface area contributed by atoms with E-state index in [1.807, 2.05) is 44.2 Å². The van der Waals surface area contributed by atoms with Crippen molar-refractivity contribution in [3.8, 4) is 11.5 Å². The van der Waals surface area contributed by atoms with E-state index in [-0.39, 0.29) is 17.6 Å². The van der Waals surface area contributed by atoms with Gasteiger partial charge in [0, 0.05) is 40.6 Å². The van der Waals surface area contributed by atoms with Crippen LogP contribution >= 0.6 is 0 Å². The molecule has 1 aliphatic carbocycles. The Morgan fingerprint density at radius 3 is 2.74 bits per heavy atom. The lowest BCUT2D eigenvalue weighted by atomic mass is 9.73. The molecule has 0 spiro atoms. The third-order valence-electron chi connectivity index (χ3n) is 6.28.